The SMILES string of the molecule is C/C=C\C(C)=C(/C)OCC(COc1ccccc1N=C=N)C(COC1=CC=CCC1C)COc1ccccc1N=N. The van der Waals surface area contributed by atoms with Gasteiger partial charge in [0.05, 0.1) is 44.0 Å². The molecule has 0 radical (unpaired) electrons. The van der Waals surface area contributed by atoms with E-state index in [2.05, 4.69) is 29.1 Å². The quantitative estimate of drug-likeness (QED) is 0.0931. The van der Waals surface area contributed by atoms with E-state index in [1.54, 1.807) is 12.1 Å². The molecule has 0 aliphatic heterocycles. The summed E-state index contributed by atoms with van der Waals surface area (Å²) >= 11 is 0. The van der Waals surface area contributed by atoms with Crippen LogP contribution in [-0.2, 0) is 9.47 Å². The summed E-state index contributed by atoms with van der Waals surface area (Å²) in [4.78, 5) is 4.00. The standard InChI is InChI=1S/C33H40N4O4/c1-5-12-24(2)26(4)38-19-27(21-40-32-17-10-7-14-29(32)36-23-34)28(20-39-31-16-9-6-13-25(31)3)22-41-33-18-11-8-15-30(33)37-35/h5-12,14-18,25,27-28,34-35H,13,19-22H2,1-4H3/b12-5-,26-24+,37-35?. The van der Waals surface area contributed by atoms with Crippen molar-refractivity contribution in [2.24, 2.45) is 27.9 Å². The number of benzene rings is 2. The summed E-state index contributed by atoms with van der Waals surface area (Å²) in [6, 6.07) is 16.6. The van der Waals surface area contributed by atoms with Gasteiger partial charge in [-0.05, 0) is 63.1 Å². The highest BCUT2D eigenvalue weighted by Crippen LogP contribution is 2.31. The predicted molar refractivity (Wildman–Crippen MR) is 162 cm³/mol. The van der Waals surface area contributed by atoms with Gasteiger partial charge in [-0.2, -0.15) is 10.1 Å². The molecular formula is C33H40N4O4. The number of allylic oxidation sites excluding steroid dienone is 8. The van der Waals surface area contributed by atoms with Crippen molar-refractivity contribution in [1.29, 1.82) is 10.9 Å². The number of nitrogens with zero attached hydrogens (tertiary/aromatic N) is 2. The van der Waals surface area contributed by atoms with Gasteiger partial charge in [-0.1, -0.05) is 55.5 Å². The first kappa shape index (κ1) is 31.1. The lowest BCUT2D eigenvalue weighted by Gasteiger charge is -2.29. The molecule has 2 aromatic carbocycles. The minimum Gasteiger partial charge on any atom is -0.498 e. The number of rotatable bonds is 16. The van der Waals surface area contributed by atoms with E-state index < -0.39 is 0 Å². The van der Waals surface area contributed by atoms with Crippen LogP contribution in [-0.4, -0.2) is 32.4 Å². The molecule has 1 aliphatic rings. The topological polar surface area (TPSA) is 109 Å². The van der Waals surface area contributed by atoms with Gasteiger partial charge < -0.3 is 18.9 Å². The average Bonchev–Trinajstić information content (AvgIpc) is 2.99. The molecule has 41 heavy (non-hydrogen) atoms. The first-order valence-corrected chi connectivity index (χ1v) is 13.8. The Kier molecular flexibility index (Phi) is 12.6. The maximum absolute atomic E-state index is 7.52. The second-order valence-electron chi connectivity index (χ2n) is 9.91. The molecule has 3 atom stereocenters. The van der Waals surface area contributed by atoms with Crippen LogP contribution in [0, 0.1) is 28.7 Å². The zero-order valence-electron chi connectivity index (χ0n) is 24.3. The summed E-state index contributed by atoms with van der Waals surface area (Å²) in [6.45, 7) is 9.46. The van der Waals surface area contributed by atoms with Crippen molar-refractivity contribution in [3.05, 3.63) is 96.0 Å². The zero-order chi connectivity index (χ0) is 29.5. The molecule has 0 aromatic heterocycles. The van der Waals surface area contributed by atoms with Crippen molar-refractivity contribution in [3.8, 4) is 11.5 Å². The van der Waals surface area contributed by atoms with Gasteiger partial charge in [0.2, 0.25) is 0 Å². The summed E-state index contributed by atoms with van der Waals surface area (Å²) in [6.07, 6.45) is 11.1. The fourth-order valence-corrected chi connectivity index (χ4v) is 4.27. The van der Waals surface area contributed by atoms with E-state index in [9.17, 15) is 0 Å². The van der Waals surface area contributed by atoms with Gasteiger partial charge in [-0.3, -0.25) is 0 Å². The Bertz CT molecular complexity index is 1320. The Hall–Kier alpha value is -4.42. The lowest BCUT2D eigenvalue weighted by Crippen LogP contribution is -2.34. The van der Waals surface area contributed by atoms with E-state index in [0.29, 0.717) is 49.3 Å². The maximum atomic E-state index is 7.52. The van der Waals surface area contributed by atoms with Crippen LogP contribution < -0.4 is 9.47 Å². The van der Waals surface area contributed by atoms with Gasteiger partial charge in [-0.15, -0.1) is 0 Å². The van der Waals surface area contributed by atoms with Crippen molar-refractivity contribution in [1.82, 2.24) is 0 Å². The fourth-order valence-electron chi connectivity index (χ4n) is 4.27. The molecule has 0 amide bonds. The zero-order valence-corrected chi connectivity index (χ0v) is 24.3. The number of hydrogen-bond acceptors (Lipinski definition) is 8. The van der Waals surface area contributed by atoms with Crippen LogP contribution in [0.15, 0.2) is 106 Å². The van der Waals surface area contributed by atoms with Crippen molar-refractivity contribution in [2.45, 2.75) is 34.1 Å². The third kappa shape index (κ3) is 9.62. The molecule has 0 fully saturated rings. The fraction of sp³-hybridized carbons (Fsp3) is 0.364. The van der Waals surface area contributed by atoms with Crippen molar-refractivity contribution < 1.29 is 18.9 Å². The van der Waals surface area contributed by atoms with E-state index in [0.717, 1.165) is 23.5 Å². The normalized spacial score (nSPS) is 16.6. The van der Waals surface area contributed by atoms with Gasteiger partial charge >= 0.3 is 0 Å². The lowest BCUT2D eigenvalue weighted by molar-refractivity contribution is 0.0265. The third-order valence-electron chi connectivity index (χ3n) is 6.92. The molecular weight excluding hydrogens is 516 g/mol. The minimum absolute atomic E-state index is 0.138. The molecule has 3 rings (SSSR count). The van der Waals surface area contributed by atoms with Crippen LogP contribution in [0.5, 0.6) is 11.5 Å². The smallest absolute Gasteiger partial charge is 0.146 e. The van der Waals surface area contributed by atoms with E-state index in [4.69, 9.17) is 29.9 Å². The highest BCUT2D eigenvalue weighted by atomic mass is 16.5. The lowest BCUT2D eigenvalue weighted by atomic mass is 9.94. The monoisotopic (exact) mass is 556 g/mol. The van der Waals surface area contributed by atoms with E-state index in [1.807, 2.05) is 81.5 Å². The second kappa shape index (κ2) is 16.6. The van der Waals surface area contributed by atoms with Crippen LogP contribution in [0.1, 0.15) is 34.1 Å². The Balaban J connectivity index is 1.89. The molecule has 0 bridgehead atoms. The predicted octanol–water partition coefficient (Wildman–Crippen LogP) is 8.81. The largest absolute Gasteiger partial charge is 0.498 e. The van der Waals surface area contributed by atoms with E-state index in [-0.39, 0.29) is 17.8 Å². The van der Waals surface area contributed by atoms with Crippen LogP contribution in [0.2, 0.25) is 0 Å². The first-order chi connectivity index (χ1) is 20.0. The molecule has 1 aliphatic carbocycles. The van der Waals surface area contributed by atoms with Crippen LogP contribution >= 0.6 is 0 Å². The third-order valence-corrected chi connectivity index (χ3v) is 6.92. The van der Waals surface area contributed by atoms with Crippen molar-refractivity contribution in [2.75, 3.05) is 26.4 Å². The van der Waals surface area contributed by atoms with Gasteiger partial charge in [0.25, 0.3) is 0 Å². The summed E-state index contributed by atoms with van der Waals surface area (Å²) in [5.74, 6) is 2.86. The van der Waals surface area contributed by atoms with Crippen molar-refractivity contribution >= 4 is 17.4 Å². The van der Waals surface area contributed by atoms with E-state index >= 15 is 0 Å². The molecule has 216 valence electrons. The molecule has 0 heterocycles. The Labute approximate surface area is 243 Å². The Morgan fingerprint density at radius 1 is 0.951 bits per heavy atom. The molecule has 0 spiro atoms. The number of nitrogens with one attached hydrogen (secondary N) is 2. The van der Waals surface area contributed by atoms with Crippen molar-refractivity contribution in [3.63, 3.8) is 0 Å². The maximum Gasteiger partial charge on any atom is 0.146 e. The molecule has 0 saturated heterocycles. The van der Waals surface area contributed by atoms with E-state index in [1.165, 1.54) is 0 Å². The number of hydrogen-bond donors (Lipinski definition) is 2. The number of para-hydroxylation sites is 4. The van der Waals surface area contributed by atoms with Gasteiger partial charge in [0.15, 0.2) is 0 Å². The summed E-state index contributed by atoms with van der Waals surface area (Å²) in [5.41, 5.74) is 9.56. The summed E-state index contributed by atoms with van der Waals surface area (Å²) in [7, 11) is 0. The number of ether oxygens (including phenoxy) is 4. The van der Waals surface area contributed by atoms with Crippen LogP contribution in [0.4, 0.5) is 11.4 Å². The summed E-state index contributed by atoms with van der Waals surface area (Å²) in [5, 5.41) is 10.9. The van der Waals surface area contributed by atoms with Crippen LogP contribution in [0.25, 0.3) is 0 Å². The van der Waals surface area contributed by atoms with Crippen LogP contribution in [0.3, 0.4) is 0 Å². The average molecular weight is 557 g/mol. The highest BCUT2D eigenvalue weighted by molar-refractivity contribution is 5.58. The minimum atomic E-state index is -0.143. The van der Waals surface area contributed by atoms with Gasteiger partial charge in [-0.25, -0.2) is 10.9 Å². The first-order valence-electron chi connectivity index (χ1n) is 13.8. The number of aliphatic imine (C=N–C) groups is 1. The molecule has 3 unspecified atom stereocenters. The Morgan fingerprint density at radius 2 is 1.56 bits per heavy atom. The Morgan fingerprint density at radius 3 is 2.20 bits per heavy atom. The molecule has 2 N–H and O–H groups in total. The molecule has 0 saturated carbocycles. The molecule has 2 aromatic rings. The van der Waals surface area contributed by atoms with Gasteiger partial charge in [0.1, 0.15) is 22.9 Å². The molecule has 8 nitrogen and oxygen atoms in total. The van der Waals surface area contributed by atoms with Gasteiger partial charge in [0, 0.05) is 17.8 Å². The molecule has 8 heteroatoms. The summed E-state index contributed by atoms with van der Waals surface area (Å²) < 4.78 is 25.1. The highest BCUT2D eigenvalue weighted by Gasteiger charge is 2.27. The second-order valence-corrected chi connectivity index (χ2v) is 9.91.